The molecule has 0 spiro atoms. The second-order valence-corrected chi connectivity index (χ2v) is 2.81. The van der Waals surface area contributed by atoms with E-state index in [1.165, 1.54) is 0 Å². The van der Waals surface area contributed by atoms with Crippen LogP contribution in [0.15, 0.2) is 0 Å². The third kappa shape index (κ3) is 5.35. The van der Waals surface area contributed by atoms with E-state index in [2.05, 4.69) is 0 Å². The minimum atomic E-state index is -4.21. The van der Waals surface area contributed by atoms with Crippen LogP contribution in [0.2, 0.25) is 0 Å². The van der Waals surface area contributed by atoms with Crippen molar-refractivity contribution in [2.75, 3.05) is 0 Å². The molecule has 1 nitrogen and oxygen atoms in total. The Balaban J connectivity index is 3.51. The molecule has 0 aromatic carbocycles. The van der Waals surface area contributed by atoms with E-state index >= 15 is 0 Å². The summed E-state index contributed by atoms with van der Waals surface area (Å²) in [6.45, 7) is 1.05. The Kier molecular flexibility index (Phi) is 4.52. The van der Waals surface area contributed by atoms with Gasteiger partial charge < -0.3 is 5.11 Å². The van der Waals surface area contributed by atoms with Gasteiger partial charge in [0.15, 0.2) is 6.36 Å². The number of halogens is 4. The predicted molar refractivity (Wildman–Crippen MR) is 36.2 cm³/mol. The van der Waals surface area contributed by atoms with Crippen LogP contribution in [0.5, 0.6) is 0 Å². The van der Waals surface area contributed by atoms with Crippen molar-refractivity contribution in [3.63, 3.8) is 0 Å². The van der Waals surface area contributed by atoms with E-state index < -0.39 is 18.5 Å². The maximum absolute atomic E-state index is 11.8. The second kappa shape index (κ2) is 4.64. The summed E-state index contributed by atoms with van der Waals surface area (Å²) in [5.74, 6) is -1.42. The number of aliphatic hydroxyl groups is 1. The van der Waals surface area contributed by atoms with Gasteiger partial charge in [-0.1, -0.05) is 6.92 Å². The number of rotatable bonds is 4. The SMILES string of the molecule is CC(CCCC(O)F)C(F)(F)F. The fourth-order valence-corrected chi connectivity index (χ4v) is 0.756. The molecule has 0 radical (unpaired) electrons. The first-order valence-electron chi connectivity index (χ1n) is 3.73. The summed E-state index contributed by atoms with van der Waals surface area (Å²) in [6, 6.07) is 0. The fourth-order valence-electron chi connectivity index (χ4n) is 0.756. The largest absolute Gasteiger partial charge is 0.391 e. The van der Waals surface area contributed by atoms with Crippen LogP contribution in [0.4, 0.5) is 17.6 Å². The van der Waals surface area contributed by atoms with Gasteiger partial charge in [0.2, 0.25) is 0 Å². The van der Waals surface area contributed by atoms with Crippen molar-refractivity contribution < 1.29 is 22.7 Å². The van der Waals surface area contributed by atoms with Gasteiger partial charge in [-0.05, 0) is 12.8 Å². The lowest BCUT2D eigenvalue weighted by atomic mass is 10.0. The fraction of sp³-hybridized carbons (Fsp3) is 1.00. The monoisotopic (exact) mass is 188 g/mol. The normalized spacial score (nSPS) is 17.5. The van der Waals surface area contributed by atoms with Crippen LogP contribution in [0.3, 0.4) is 0 Å². The summed E-state index contributed by atoms with van der Waals surface area (Å²) in [6.07, 6.45) is -6.50. The Morgan fingerprint density at radius 1 is 1.25 bits per heavy atom. The van der Waals surface area contributed by atoms with Gasteiger partial charge in [-0.3, -0.25) is 0 Å². The first-order valence-corrected chi connectivity index (χ1v) is 3.73. The number of aliphatic hydroxyl groups excluding tert-OH is 1. The number of hydrogen-bond donors (Lipinski definition) is 1. The average molecular weight is 188 g/mol. The van der Waals surface area contributed by atoms with Gasteiger partial charge in [0.05, 0.1) is 5.92 Å². The van der Waals surface area contributed by atoms with E-state index in [1.54, 1.807) is 0 Å². The molecule has 0 aromatic heterocycles. The van der Waals surface area contributed by atoms with Crippen LogP contribution in [-0.4, -0.2) is 17.6 Å². The molecule has 0 aliphatic rings. The minimum Gasteiger partial charge on any atom is -0.364 e. The van der Waals surface area contributed by atoms with Crippen molar-refractivity contribution in [3.8, 4) is 0 Å². The standard InChI is InChI=1S/C7H12F4O/c1-5(7(9,10)11)3-2-4-6(8)12/h5-6,12H,2-4H2,1H3. The molecule has 2 unspecified atom stereocenters. The molecule has 0 fully saturated rings. The van der Waals surface area contributed by atoms with E-state index in [0.717, 1.165) is 6.92 Å². The van der Waals surface area contributed by atoms with E-state index in [-0.39, 0.29) is 19.3 Å². The van der Waals surface area contributed by atoms with Gasteiger partial charge in [0.25, 0.3) is 0 Å². The Bertz CT molecular complexity index is 121. The third-order valence-electron chi connectivity index (χ3n) is 1.64. The number of hydrogen-bond acceptors (Lipinski definition) is 1. The quantitative estimate of drug-likeness (QED) is 0.672. The lowest BCUT2D eigenvalue weighted by Crippen LogP contribution is -2.19. The first-order chi connectivity index (χ1) is 5.34. The van der Waals surface area contributed by atoms with Gasteiger partial charge in [0, 0.05) is 6.42 Å². The Labute approximate surface area is 68.4 Å². The highest BCUT2D eigenvalue weighted by atomic mass is 19.4. The van der Waals surface area contributed by atoms with E-state index in [9.17, 15) is 17.6 Å². The van der Waals surface area contributed by atoms with Crippen LogP contribution in [0.1, 0.15) is 26.2 Å². The van der Waals surface area contributed by atoms with Crippen LogP contribution < -0.4 is 0 Å². The molecule has 0 heterocycles. The van der Waals surface area contributed by atoms with Crippen molar-refractivity contribution in [2.24, 2.45) is 5.92 Å². The van der Waals surface area contributed by atoms with E-state index in [0.29, 0.717) is 0 Å². The smallest absolute Gasteiger partial charge is 0.364 e. The summed E-state index contributed by atoms with van der Waals surface area (Å²) < 4.78 is 47.2. The van der Waals surface area contributed by atoms with Crippen LogP contribution >= 0.6 is 0 Å². The molecule has 0 saturated heterocycles. The van der Waals surface area contributed by atoms with Crippen LogP contribution in [-0.2, 0) is 0 Å². The Hall–Kier alpha value is -0.320. The first kappa shape index (κ1) is 11.7. The van der Waals surface area contributed by atoms with Crippen LogP contribution in [0.25, 0.3) is 0 Å². The minimum absolute atomic E-state index is 0.0539. The Morgan fingerprint density at radius 2 is 1.75 bits per heavy atom. The van der Waals surface area contributed by atoms with Crippen molar-refractivity contribution in [2.45, 2.75) is 38.7 Å². The topological polar surface area (TPSA) is 20.2 Å². The molecule has 0 amide bonds. The van der Waals surface area contributed by atoms with Crippen LogP contribution in [0, 0.1) is 5.92 Å². The van der Waals surface area contributed by atoms with Gasteiger partial charge in [-0.25, -0.2) is 4.39 Å². The van der Waals surface area contributed by atoms with E-state index in [4.69, 9.17) is 5.11 Å². The highest BCUT2D eigenvalue weighted by molar-refractivity contribution is 4.62. The van der Waals surface area contributed by atoms with Gasteiger partial charge >= 0.3 is 6.18 Å². The zero-order valence-corrected chi connectivity index (χ0v) is 6.74. The molecule has 2 atom stereocenters. The lowest BCUT2D eigenvalue weighted by molar-refractivity contribution is -0.171. The van der Waals surface area contributed by atoms with Crippen molar-refractivity contribution in [3.05, 3.63) is 0 Å². The summed E-state index contributed by atoms with van der Waals surface area (Å²) in [5.41, 5.74) is 0. The molecule has 5 heteroatoms. The molecule has 1 N–H and O–H groups in total. The predicted octanol–water partition coefficient (Wildman–Crippen LogP) is 2.64. The molecule has 0 rings (SSSR count). The zero-order chi connectivity index (χ0) is 9.78. The van der Waals surface area contributed by atoms with Crippen molar-refractivity contribution >= 4 is 0 Å². The summed E-state index contributed by atoms with van der Waals surface area (Å²) in [5, 5.41) is 8.12. The Morgan fingerprint density at radius 3 is 2.08 bits per heavy atom. The maximum atomic E-state index is 11.8. The molecule has 12 heavy (non-hydrogen) atoms. The number of alkyl halides is 4. The molecule has 0 aromatic rings. The lowest BCUT2D eigenvalue weighted by Gasteiger charge is -2.14. The molecular formula is C7H12F4O. The summed E-state index contributed by atoms with van der Waals surface area (Å²) >= 11 is 0. The summed E-state index contributed by atoms with van der Waals surface area (Å²) in [7, 11) is 0. The van der Waals surface area contributed by atoms with Gasteiger partial charge in [0.1, 0.15) is 0 Å². The van der Waals surface area contributed by atoms with E-state index in [1.807, 2.05) is 0 Å². The average Bonchev–Trinajstić information content (AvgIpc) is 1.84. The van der Waals surface area contributed by atoms with Gasteiger partial charge in [-0.15, -0.1) is 0 Å². The zero-order valence-electron chi connectivity index (χ0n) is 6.74. The summed E-state index contributed by atoms with van der Waals surface area (Å²) in [4.78, 5) is 0. The molecule has 0 aliphatic heterocycles. The second-order valence-electron chi connectivity index (χ2n) is 2.81. The highest BCUT2D eigenvalue weighted by Crippen LogP contribution is 2.29. The molecular weight excluding hydrogens is 176 g/mol. The molecule has 74 valence electrons. The molecule has 0 saturated carbocycles. The highest BCUT2D eigenvalue weighted by Gasteiger charge is 2.35. The third-order valence-corrected chi connectivity index (χ3v) is 1.64. The molecule has 0 aliphatic carbocycles. The van der Waals surface area contributed by atoms with Crippen molar-refractivity contribution in [1.29, 1.82) is 0 Å². The van der Waals surface area contributed by atoms with Crippen molar-refractivity contribution in [1.82, 2.24) is 0 Å². The van der Waals surface area contributed by atoms with Gasteiger partial charge in [-0.2, -0.15) is 13.2 Å². The molecule has 0 bridgehead atoms. The maximum Gasteiger partial charge on any atom is 0.391 e.